The van der Waals surface area contributed by atoms with E-state index >= 15 is 0 Å². The van der Waals surface area contributed by atoms with Gasteiger partial charge in [-0.2, -0.15) is 0 Å². The Morgan fingerprint density at radius 3 is 2.32 bits per heavy atom. The van der Waals surface area contributed by atoms with Crippen LogP contribution in [0.1, 0.15) is 28.8 Å². The third-order valence-corrected chi connectivity index (χ3v) is 3.49. The molecule has 1 N–H and O–H groups in total. The van der Waals surface area contributed by atoms with E-state index in [1.807, 2.05) is 31.2 Å². The first-order chi connectivity index (χ1) is 12.0. The Bertz CT molecular complexity index is 742. The van der Waals surface area contributed by atoms with Crippen molar-refractivity contribution in [3.8, 4) is 11.5 Å². The lowest BCUT2D eigenvalue weighted by atomic mass is 10.2. The van der Waals surface area contributed by atoms with E-state index in [1.54, 1.807) is 0 Å². The highest BCUT2D eigenvalue weighted by atomic mass is 16.6. The van der Waals surface area contributed by atoms with Crippen molar-refractivity contribution >= 4 is 11.7 Å². The molecule has 7 heteroatoms. The lowest BCUT2D eigenvalue weighted by Gasteiger charge is -2.09. The highest BCUT2D eigenvalue weighted by molar-refractivity contribution is 5.88. The molecule has 0 radical (unpaired) electrons. The predicted molar refractivity (Wildman–Crippen MR) is 91.5 cm³/mol. The summed E-state index contributed by atoms with van der Waals surface area (Å²) >= 11 is 0. The number of ether oxygens (including phenoxy) is 2. The summed E-state index contributed by atoms with van der Waals surface area (Å²) in [5.74, 6) is -0.410. The zero-order chi connectivity index (χ0) is 18.2. The number of carboxylic acid groups (broad SMARTS) is 1. The monoisotopic (exact) mass is 345 g/mol. The minimum atomic E-state index is -1.16. The molecule has 25 heavy (non-hydrogen) atoms. The molecule has 0 amide bonds. The Hall–Kier alpha value is -3.09. The van der Waals surface area contributed by atoms with Crippen molar-refractivity contribution in [1.29, 1.82) is 0 Å². The molecule has 2 aromatic rings. The van der Waals surface area contributed by atoms with Gasteiger partial charge in [0.1, 0.15) is 5.75 Å². The topological polar surface area (TPSA) is 98.9 Å². The number of rotatable bonds is 9. The Balaban J connectivity index is 1.80. The lowest BCUT2D eigenvalue weighted by Crippen LogP contribution is -2.05. The van der Waals surface area contributed by atoms with Crippen LogP contribution in [0, 0.1) is 17.0 Å². The van der Waals surface area contributed by atoms with E-state index in [0.29, 0.717) is 19.4 Å². The summed E-state index contributed by atoms with van der Waals surface area (Å²) in [4.78, 5) is 21.3. The summed E-state index contributed by atoms with van der Waals surface area (Å²) < 4.78 is 11.0. The summed E-state index contributed by atoms with van der Waals surface area (Å²) in [5, 5.41) is 19.9. The third-order valence-electron chi connectivity index (χ3n) is 3.49. The van der Waals surface area contributed by atoms with Crippen molar-refractivity contribution in [1.82, 2.24) is 0 Å². The molecule has 0 spiro atoms. The Morgan fingerprint density at radius 2 is 1.72 bits per heavy atom. The number of nitrogens with zero attached hydrogens (tertiary/aromatic N) is 1. The van der Waals surface area contributed by atoms with Crippen LogP contribution in [-0.2, 0) is 0 Å². The Labute approximate surface area is 145 Å². The van der Waals surface area contributed by atoms with Crippen LogP contribution in [0.15, 0.2) is 42.5 Å². The number of aryl methyl sites for hydroxylation is 1. The molecule has 132 valence electrons. The average Bonchev–Trinajstić information content (AvgIpc) is 2.59. The van der Waals surface area contributed by atoms with E-state index in [0.717, 1.165) is 17.4 Å². The van der Waals surface area contributed by atoms with Gasteiger partial charge in [0.05, 0.1) is 23.7 Å². The van der Waals surface area contributed by atoms with Crippen LogP contribution in [-0.4, -0.2) is 29.2 Å². The van der Waals surface area contributed by atoms with Crippen LogP contribution in [0.25, 0.3) is 0 Å². The first-order valence-electron chi connectivity index (χ1n) is 7.81. The molecule has 2 rings (SSSR count). The Morgan fingerprint density at radius 1 is 1.08 bits per heavy atom. The smallest absolute Gasteiger partial charge is 0.335 e. The normalized spacial score (nSPS) is 10.3. The largest absolute Gasteiger partial charge is 0.494 e. The second-order valence-electron chi connectivity index (χ2n) is 5.46. The van der Waals surface area contributed by atoms with Gasteiger partial charge in [-0.25, -0.2) is 4.79 Å². The van der Waals surface area contributed by atoms with Gasteiger partial charge in [0.15, 0.2) is 5.75 Å². The van der Waals surface area contributed by atoms with Crippen LogP contribution in [0.4, 0.5) is 5.69 Å². The number of benzene rings is 2. The minimum Gasteiger partial charge on any atom is -0.494 e. The summed E-state index contributed by atoms with van der Waals surface area (Å²) in [6, 6.07) is 11.2. The molecule has 2 aromatic carbocycles. The molecule has 0 aliphatic rings. The van der Waals surface area contributed by atoms with Gasteiger partial charge in [0.2, 0.25) is 0 Å². The van der Waals surface area contributed by atoms with E-state index in [-0.39, 0.29) is 23.6 Å². The SMILES string of the molecule is Cc1ccc(OCCCCOc2cc(C(=O)O)ccc2[N+](=O)[O-])cc1. The summed E-state index contributed by atoms with van der Waals surface area (Å²) in [6.45, 7) is 2.74. The summed E-state index contributed by atoms with van der Waals surface area (Å²) in [5.41, 5.74) is 0.857. The molecular weight excluding hydrogens is 326 g/mol. The fourth-order valence-corrected chi connectivity index (χ4v) is 2.12. The number of carboxylic acids is 1. The lowest BCUT2D eigenvalue weighted by molar-refractivity contribution is -0.385. The van der Waals surface area contributed by atoms with Gasteiger partial charge in [-0.05, 0) is 38.0 Å². The van der Waals surface area contributed by atoms with Crippen LogP contribution in [0.2, 0.25) is 0 Å². The molecule has 7 nitrogen and oxygen atoms in total. The Kier molecular flexibility index (Phi) is 6.33. The van der Waals surface area contributed by atoms with Crippen LogP contribution in [0.5, 0.6) is 11.5 Å². The first kappa shape index (κ1) is 18.3. The average molecular weight is 345 g/mol. The minimum absolute atomic E-state index is 0.0376. The van der Waals surface area contributed by atoms with Crippen molar-refractivity contribution in [3.63, 3.8) is 0 Å². The van der Waals surface area contributed by atoms with Crippen LogP contribution in [0.3, 0.4) is 0 Å². The number of hydrogen-bond donors (Lipinski definition) is 1. The predicted octanol–water partition coefficient (Wildman–Crippen LogP) is 3.84. The highest BCUT2D eigenvalue weighted by Gasteiger charge is 2.17. The van der Waals surface area contributed by atoms with Gasteiger partial charge >= 0.3 is 11.7 Å². The maximum atomic E-state index is 11.0. The van der Waals surface area contributed by atoms with Crippen molar-refractivity contribution in [3.05, 3.63) is 63.7 Å². The van der Waals surface area contributed by atoms with Crippen molar-refractivity contribution in [2.24, 2.45) is 0 Å². The molecule has 0 bridgehead atoms. The quantitative estimate of drug-likeness (QED) is 0.421. The van der Waals surface area contributed by atoms with E-state index < -0.39 is 10.9 Å². The van der Waals surface area contributed by atoms with Crippen molar-refractivity contribution < 1.29 is 24.3 Å². The van der Waals surface area contributed by atoms with Gasteiger partial charge in [-0.3, -0.25) is 10.1 Å². The van der Waals surface area contributed by atoms with Crippen molar-refractivity contribution in [2.75, 3.05) is 13.2 Å². The number of nitro benzene ring substituents is 1. The fourth-order valence-electron chi connectivity index (χ4n) is 2.12. The fraction of sp³-hybridized carbons (Fsp3) is 0.278. The number of unbranched alkanes of at least 4 members (excludes halogenated alkanes) is 1. The summed E-state index contributed by atoms with van der Waals surface area (Å²) in [6.07, 6.45) is 1.33. The number of nitro groups is 1. The van der Waals surface area contributed by atoms with Crippen molar-refractivity contribution in [2.45, 2.75) is 19.8 Å². The molecule has 0 saturated carbocycles. The van der Waals surface area contributed by atoms with E-state index in [2.05, 4.69) is 0 Å². The van der Waals surface area contributed by atoms with Gasteiger partial charge in [0, 0.05) is 12.1 Å². The van der Waals surface area contributed by atoms with E-state index in [1.165, 1.54) is 12.1 Å². The van der Waals surface area contributed by atoms with Crippen LogP contribution < -0.4 is 9.47 Å². The zero-order valence-electron chi connectivity index (χ0n) is 13.8. The zero-order valence-corrected chi connectivity index (χ0v) is 13.8. The molecule has 0 unspecified atom stereocenters. The molecule has 0 aliphatic carbocycles. The van der Waals surface area contributed by atoms with Gasteiger partial charge in [0.25, 0.3) is 0 Å². The number of hydrogen-bond acceptors (Lipinski definition) is 5. The number of carbonyl (C=O) groups is 1. The number of aromatic carboxylic acids is 1. The second kappa shape index (κ2) is 8.68. The maximum absolute atomic E-state index is 11.0. The van der Waals surface area contributed by atoms with Crippen LogP contribution >= 0.6 is 0 Å². The molecule has 0 heterocycles. The van der Waals surface area contributed by atoms with Gasteiger partial charge < -0.3 is 14.6 Å². The molecular formula is C18H19NO6. The highest BCUT2D eigenvalue weighted by Crippen LogP contribution is 2.28. The van der Waals surface area contributed by atoms with Gasteiger partial charge in [-0.1, -0.05) is 17.7 Å². The third kappa shape index (κ3) is 5.49. The van der Waals surface area contributed by atoms with E-state index in [9.17, 15) is 14.9 Å². The standard InChI is InChI=1S/C18H19NO6/c1-13-4-7-15(8-5-13)24-10-2-3-11-25-17-12-14(18(20)21)6-9-16(17)19(22)23/h4-9,12H,2-3,10-11H2,1H3,(H,20,21). The maximum Gasteiger partial charge on any atom is 0.335 e. The second-order valence-corrected chi connectivity index (χ2v) is 5.46. The first-order valence-corrected chi connectivity index (χ1v) is 7.81. The van der Waals surface area contributed by atoms with E-state index in [4.69, 9.17) is 14.6 Å². The van der Waals surface area contributed by atoms with Gasteiger partial charge in [-0.15, -0.1) is 0 Å². The molecule has 0 fully saturated rings. The molecule has 0 saturated heterocycles. The summed E-state index contributed by atoms with van der Waals surface area (Å²) in [7, 11) is 0. The molecule has 0 aromatic heterocycles. The molecule has 0 aliphatic heterocycles. The molecule has 0 atom stereocenters.